The van der Waals surface area contributed by atoms with Crippen molar-refractivity contribution in [2.24, 2.45) is 0 Å². The molecule has 6 nitrogen and oxygen atoms in total. The molecule has 0 saturated carbocycles. The van der Waals surface area contributed by atoms with Gasteiger partial charge in [0, 0.05) is 44.1 Å². The molecule has 0 unspecified atom stereocenters. The van der Waals surface area contributed by atoms with Gasteiger partial charge in [-0.2, -0.15) is 13.2 Å². The molecule has 35 heavy (non-hydrogen) atoms. The molecule has 3 aromatic rings. The van der Waals surface area contributed by atoms with Crippen LogP contribution in [0.4, 0.5) is 19.0 Å². The van der Waals surface area contributed by atoms with E-state index < -0.39 is 23.2 Å². The van der Waals surface area contributed by atoms with Gasteiger partial charge in [0.15, 0.2) is 5.82 Å². The average Bonchev–Trinajstić information content (AvgIpc) is 2.85. The Morgan fingerprint density at radius 3 is 2.31 bits per heavy atom. The van der Waals surface area contributed by atoms with Crippen LogP contribution in [0.15, 0.2) is 48.8 Å². The van der Waals surface area contributed by atoms with Crippen LogP contribution >= 0.6 is 12.4 Å². The van der Waals surface area contributed by atoms with Crippen molar-refractivity contribution in [3.05, 3.63) is 71.0 Å². The molecule has 10 heteroatoms. The van der Waals surface area contributed by atoms with Gasteiger partial charge in [0.2, 0.25) is 0 Å². The predicted molar refractivity (Wildman–Crippen MR) is 131 cm³/mol. The maximum Gasteiger partial charge on any atom is 0.417 e. The van der Waals surface area contributed by atoms with Gasteiger partial charge in [-0.25, -0.2) is 0 Å². The molecule has 0 bridgehead atoms. The van der Waals surface area contributed by atoms with E-state index in [1.165, 1.54) is 4.90 Å². The van der Waals surface area contributed by atoms with Gasteiger partial charge in [-0.3, -0.25) is 9.78 Å². The number of nitrogens with zero attached hydrogens (tertiary/aromatic N) is 5. The minimum atomic E-state index is -4.61. The highest BCUT2D eigenvalue weighted by molar-refractivity contribution is 5.95. The summed E-state index contributed by atoms with van der Waals surface area (Å²) in [7, 11) is 1.56. The minimum absolute atomic E-state index is 0. The van der Waals surface area contributed by atoms with Gasteiger partial charge in [0.25, 0.3) is 5.91 Å². The Morgan fingerprint density at radius 1 is 1.03 bits per heavy atom. The van der Waals surface area contributed by atoms with Crippen molar-refractivity contribution in [2.75, 3.05) is 25.0 Å². The molecule has 1 saturated heterocycles. The first-order valence-electron chi connectivity index (χ1n) is 11.1. The molecule has 1 aromatic carbocycles. The predicted octanol–water partition coefficient (Wildman–Crippen LogP) is 5.34. The third-order valence-corrected chi connectivity index (χ3v) is 6.53. The van der Waals surface area contributed by atoms with Crippen LogP contribution in [0, 0.1) is 13.8 Å². The van der Waals surface area contributed by atoms with Crippen molar-refractivity contribution in [2.45, 2.75) is 38.9 Å². The molecule has 0 radical (unpaired) electrons. The SMILES string of the molecule is Cc1c(-c2ccccc2)nnc(N2CCC(N(C)C(=O)c3cnccc3C(F)(F)F)CC2)c1C.Cl. The first-order valence-corrected chi connectivity index (χ1v) is 11.1. The summed E-state index contributed by atoms with van der Waals surface area (Å²) in [6, 6.07) is 10.5. The molecule has 1 fully saturated rings. The number of pyridine rings is 1. The summed E-state index contributed by atoms with van der Waals surface area (Å²) in [6.07, 6.45) is -1.34. The summed E-state index contributed by atoms with van der Waals surface area (Å²) in [5.41, 5.74) is 2.57. The van der Waals surface area contributed by atoms with Crippen molar-refractivity contribution in [3.63, 3.8) is 0 Å². The minimum Gasteiger partial charge on any atom is -0.355 e. The number of hydrogen-bond acceptors (Lipinski definition) is 5. The molecular formula is C25H27ClF3N5O. The fraction of sp³-hybridized carbons (Fsp3) is 0.360. The monoisotopic (exact) mass is 505 g/mol. The quantitative estimate of drug-likeness (QED) is 0.479. The smallest absolute Gasteiger partial charge is 0.355 e. The van der Waals surface area contributed by atoms with Crippen molar-refractivity contribution in [3.8, 4) is 11.3 Å². The number of aromatic nitrogens is 3. The third kappa shape index (κ3) is 5.40. The number of hydrogen-bond donors (Lipinski definition) is 0. The lowest BCUT2D eigenvalue weighted by atomic mass is 10.00. The third-order valence-electron chi connectivity index (χ3n) is 6.53. The van der Waals surface area contributed by atoms with Crippen LogP contribution < -0.4 is 4.90 Å². The zero-order valence-electron chi connectivity index (χ0n) is 19.7. The highest BCUT2D eigenvalue weighted by Gasteiger charge is 2.37. The Bertz CT molecular complexity index is 1180. The molecule has 0 N–H and O–H groups in total. The Labute approximate surface area is 208 Å². The lowest BCUT2D eigenvalue weighted by molar-refractivity contribution is -0.138. The second-order valence-corrected chi connectivity index (χ2v) is 8.54. The maximum atomic E-state index is 13.3. The van der Waals surface area contributed by atoms with E-state index in [4.69, 9.17) is 0 Å². The second-order valence-electron chi connectivity index (χ2n) is 8.54. The molecule has 2 aromatic heterocycles. The lowest BCUT2D eigenvalue weighted by Crippen LogP contribution is -2.46. The largest absolute Gasteiger partial charge is 0.417 e. The van der Waals surface area contributed by atoms with Crippen molar-refractivity contribution in [1.82, 2.24) is 20.1 Å². The van der Waals surface area contributed by atoms with E-state index in [1.54, 1.807) is 7.05 Å². The first kappa shape index (κ1) is 26.4. The second kappa shape index (κ2) is 10.6. The summed E-state index contributed by atoms with van der Waals surface area (Å²) < 4.78 is 40.0. The number of amides is 1. The Balaban J connectivity index is 0.00000342. The van der Waals surface area contributed by atoms with Crippen LogP contribution in [0.3, 0.4) is 0 Å². The molecule has 186 valence electrons. The number of halogens is 4. The summed E-state index contributed by atoms with van der Waals surface area (Å²) in [4.78, 5) is 20.2. The molecule has 0 atom stereocenters. The van der Waals surface area contributed by atoms with E-state index >= 15 is 0 Å². The Kier molecular flexibility index (Phi) is 8.00. The highest BCUT2D eigenvalue weighted by Crippen LogP contribution is 2.33. The zero-order chi connectivity index (χ0) is 24.5. The molecule has 0 spiro atoms. The fourth-order valence-electron chi connectivity index (χ4n) is 4.40. The number of carbonyl (C=O) groups is 1. The van der Waals surface area contributed by atoms with E-state index in [-0.39, 0.29) is 18.4 Å². The van der Waals surface area contributed by atoms with Crippen LogP contribution in [-0.4, -0.2) is 52.2 Å². The van der Waals surface area contributed by atoms with E-state index in [1.807, 2.05) is 44.2 Å². The number of rotatable bonds is 4. The average molecular weight is 506 g/mol. The molecule has 1 amide bonds. The van der Waals surface area contributed by atoms with Crippen molar-refractivity contribution in [1.29, 1.82) is 0 Å². The van der Waals surface area contributed by atoms with Gasteiger partial charge in [0.1, 0.15) is 0 Å². The number of anilines is 1. The normalized spacial score (nSPS) is 14.4. The maximum absolute atomic E-state index is 13.3. The van der Waals surface area contributed by atoms with Crippen LogP contribution in [0.1, 0.15) is 39.9 Å². The lowest BCUT2D eigenvalue weighted by Gasteiger charge is -2.38. The Morgan fingerprint density at radius 2 is 1.69 bits per heavy atom. The summed E-state index contributed by atoms with van der Waals surface area (Å²) in [5.74, 6) is 0.133. The van der Waals surface area contributed by atoms with E-state index in [0.717, 1.165) is 46.7 Å². The number of alkyl halides is 3. The van der Waals surface area contributed by atoms with E-state index in [0.29, 0.717) is 25.9 Å². The molecule has 1 aliphatic rings. The molecule has 1 aliphatic heterocycles. The number of piperidine rings is 1. The number of carbonyl (C=O) groups excluding carboxylic acids is 1. The highest BCUT2D eigenvalue weighted by atomic mass is 35.5. The van der Waals surface area contributed by atoms with Crippen molar-refractivity contribution >= 4 is 24.1 Å². The Hall–Kier alpha value is -3.20. The summed E-state index contributed by atoms with van der Waals surface area (Å²) in [5, 5.41) is 8.96. The standard InChI is InChI=1S/C25H26F3N5O.ClH/c1-16-17(2)23(31-30-22(16)18-7-5-4-6-8-18)33-13-10-19(11-14-33)32(3)24(34)20-15-29-12-9-21(20)25(26,27)28;/h4-9,12,15,19H,10-11,13-14H2,1-3H3;1H. The van der Waals surface area contributed by atoms with Gasteiger partial charge >= 0.3 is 6.18 Å². The molecule has 4 rings (SSSR count). The van der Waals surface area contributed by atoms with Crippen LogP contribution in [0.5, 0.6) is 0 Å². The molecular weight excluding hydrogens is 479 g/mol. The van der Waals surface area contributed by atoms with Crippen LogP contribution in [-0.2, 0) is 6.18 Å². The van der Waals surface area contributed by atoms with Gasteiger partial charge < -0.3 is 9.80 Å². The number of benzene rings is 1. The van der Waals surface area contributed by atoms with E-state index in [2.05, 4.69) is 20.1 Å². The summed E-state index contributed by atoms with van der Waals surface area (Å²) in [6.45, 7) is 5.30. The van der Waals surface area contributed by atoms with Crippen LogP contribution in [0.25, 0.3) is 11.3 Å². The first-order chi connectivity index (χ1) is 16.2. The van der Waals surface area contributed by atoms with Gasteiger partial charge in [0.05, 0.1) is 16.8 Å². The van der Waals surface area contributed by atoms with Gasteiger partial charge in [-0.1, -0.05) is 30.3 Å². The van der Waals surface area contributed by atoms with Gasteiger partial charge in [-0.05, 0) is 43.9 Å². The summed E-state index contributed by atoms with van der Waals surface area (Å²) >= 11 is 0. The van der Waals surface area contributed by atoms with Crippen LogP contribution in [0.2, 0.25) is 0 Å². The zero-order valence-corrected chi connectivity index (χ0v) is 20.5. The van der Waals surface area contributed by atoms with E-state index in [9.17, 15) is 18.0 Å². The molecule has 0 aliphatic carbocycles. The van der Waals surface area contributed by atoms with Gasteiger partial charge in [-0.15, -0.1) is 22.6 Å². The fourth-order valence-corrected chi connectivity index (χ4v) is 4.40. The van der Waals surface area contributed by atoms with Crippen molar-refractivity contribution < 1.29 is 18.0 Å². The molecule has 3 heterocycles. The topological polar surface area (TPSA) is 62.2 Å².